The van der Waals surface area contributed by atoms with Crippen LogP contribution in [0.3, 0.4) is 0 Å². The first-order valence-corrected chi connectivity index (χ1v) is 8.39. The number of β-amino-alcohol motifs (C(OH)–C–C–N with tert-alkyl or cyclic N) is 1. The molecule has 0 aromatic heterocycles. The fourth-order valence-electron chi connectivity index (χ4n) is 3.81. The average molecular weight is 355 g/mol. The number of benzene rings is 1. The molecule has 3 N–H and O–H groups in total. The van der Waals surface area contributed by atoms with E-state index in [-0.39, 0.29) is 18.3 Å². The number of carbonyl (C=O) groups is 1. The maximum Gasteiger partial charge on any atom is 0.229 e. The lowest BCUT2D eigenvalue weighted by Crippen LogP contribution is -2.64. The number of piperidine rings is 1. The molecule has 24 heavy (non-hydrogen) atoms. The number of amides is 1. The smallest absolute Gasteiger partial charge is 0.229 e. The fraction of sp³-hybridized carbons (Fsp3) is 0.611. The van der Waals surface area contributed by atoms with Crippen molar-refractivity contribution in [2.24, 2.45) is 5.41 Å². The van der Waals surface area contributed by atoms with Gasteiger partial charge in [-0.15, -0.1) is 12.4 Å². The van der Waals surface area contributed by atoms with Gasteiger partial charge in [-0.2, -0.15) is 0 Å². The van der Waals surface area contributed by atoms with E-state index < -0.39 is 17.1 Å². The molecule has 3 rings (SSSR count). The average Bonchev–Trinajstić information content (AvgIpc) is 2.54. The molecule has 2 atom stereocenters. The topological polar surface area (TPSA) is 70.6 Å². The molecule has 0 radical (unpaired) electrons. The Morgan fingerprint density at radius 2 is 2.04 bits per heavy atom. The molecular weight excluding hydrogens is 328 g/mol. The first-order valence-electron chi connectivity index (χ1n) is 8.39. The second kappa shape index (κ2) is 7.83. The second-order valence-corrected chi connectivity index (χ2v) is 6.83. The van der Waals surface area contributed by atoms with Crippen LogP contribution in [0.15, 0.2) is 30.3 Å². The lowest BCUT2D eigenvalue weighted by molar-refractivity contribution is -0.145. The van der Waals surface area contributed by atoms with Gasteiger partial charge in [-0.1, -0.05) is 36.8 Å². The maximum absolute atomic E-state index is 13.0. The van der Waals surface area contributed by atoms with Crippen molar-refractivity contribution in [1.29, 1.82) is 0 Å². The summed E-state index contributed by atoms with van der Waals surface area (Å²) in [5, 5.41) is 17.1. The van der Waals surface area contributed by atoms with Crippen molar-refractivity contribution in [3.05, 3.63) is 35.9 Å². The summed E-state index contributed by atoms with van der Waals surface area (Å²) in [7, 11) is 1.64. The monoisotopic (exact) mass is 354 g/mol. The van der Waals surface area contributed by atoms with Crippen molar-refractivity contribution < 1.29 is 14.6 Å². The third-order valence-corrected chi connectivity index (χ3v) is 5.44. The highest BCUT2D eigenvalue weighted by atomic mass is 35.5. The molecule has 5 nitrogen and oxygen atoms in total. The number of aliphatic hydroxyl groups is 1. The molecule has 1 aliphatic heterocycles. The number of aliphatic hydroxyl groups excluding tert-OH is 1. The summed E-state index contributed by atoms with van der Waals surface area (Å²) in [6.45, 7) is 1.69. The fourth-order valence-corrected chi connectivity index (χ4v) is 3.81. The number of methoxy groups -OCH3 is 1. The van der Waals surface area contributed by atoms with Crippen LogP contribution in [0.1, 0.15) is 31.2 Å². The third kappa shape index (κ3) is 3.31. The molecule has 0 bridgehead atoms. The number of carbonyl (C=O) groups excluding carboxylic acids is 1. The van der Waals surface area contributed by atoms with Gasteiger partial charge in [0.2, 0.25) is 5.91 Å². The molecule has 1 aromatic rings. The lowest BCUT2D eigenvalue weighted by Gasteiger charge is -2.47. The van der Waals surface area contributed by atoms with Crippen molar-refractivity contribution in [1.82, 2.24) is 10.6 Å². The van der Waals surface area contributed by atoms with E-state index in [9.17, 15) is 9.90 Å². The minimum atomic E-state index is -0.722. The van der Waals surface area contributed by atoms with E-state index in [4.69, 9.17) is 4.74 Å². The van der Waals surface area contributed by atoms with Gasteiger partial charge in [0, 0.05) is 13.7 Å². The number of hydrogen-bond donors (Lipinski definition) is 3. The summed E-state index contributed by atoms with van der Waals surface area (Å²) in [6.07, 6.45) is 2.78. The quantitative estimate of drug-likeness (QED) is 0.751. The van der Waals surface area contributed by atoms with E-state index in [1.54, 1.807) is 7.11 Å². The summed E-state index contributed by atoms with van der Waals surface area (Å²) >= 11 is 0. The van der Waals surface area contributed by atoms with Crippen LogP contribution >= 0.6 is 12.4 Å². The van der Waals surface area contributed by atoms with Crippen LogP contribution in [-0.2, 0) is 15.1 Å². The zero-order chi connectivity index (χ0) is 16.3. The molecule has 1 aliphatic carbocycles. The highest BCUT2D eigenvalue weighted by Crippen LogP contribution is 2.43. The van der Waals surface area contributed by atoms with Crippen molar-refractivity contribution in [2.75, 3.05) is 26.8 Å². The molecule has 1 amide bonds. The summed E-state index contributed by atoms with van der Waals surface area (Å²) in [6, 6.07) is 9.82. The minimum Gasteiger partial charge on any atom is -0.389 e. The van der Waals surface area contributed by atoms with Crippen molar-refractivity contribution in [3.8, 4) is 0 Å². The normalized spacial score (nSPS) is 28.3. The minimum absolute atomic E-state index is 0. The van der Waals surface area contributed by atoms with E-state index in [0.717, 1.165) is 31.4 Å². The van der Waals surface area contributed by atoms with E-state index in [1.807, 2.05) is 30.3 Å². The van der Waals surface area contributed by atoms with Crippen LogP contribution in [0.5, 0.6) is 0 Å². The molecule has 0 unspecified atom stereocenters. The van der Waals surface area contributed by atoms with Gasteiger partial charge in [0.15, 0.2) is 0 Å². The van der Waals surface area contributed by atoms with Crippen LogP contribution < -0.4 is 10.6 Å². The molecule has 0 spiro atoms. The standard InChI is InChI=1S/C18H26N2O3.ClH/c1-23-13-17(8-5-9-17)16(22)20-18(10-11-19-12-15(18)21)14-6-3-2-4-7-14;/h2-4,6-7,15,19,21H,5,8-13H2,1H3,(H,20,22);1H/t15-,18+;/m1./s1. The van der Waals surface area contributed by atoms with Gasteiger partial charge in [0.25, 0.3) is 0 Å². The lowest BCUT2D eigenvalue weighted by atomic mass is 9.67. The molecule has 134 valence electrons. The van der Waals surface area contributed by atoms with Crippen molar-refractivity contribution >= 4 is 18.3 Å². The summed E-state index contributed by atoms with van der Waals surface area (Å²) in [5.74, 6) is 0.00963. The van der Waals surface area contributed by atoms with Crippen LogP contribution in [0.4, 0.5) is 0 Å². The van der Waals surface area contributed by atoms with Crippen LogP contribution in [-0.4, -0.2) is 43.9 Å². The first kappa shape index (κ1) is 19.2. The van der Waals surface area contributed by atoms with E-state index in [0.29, 0.717) is 19.6 Å². The number of hydrogen-bond acceptors (Lipinski definition) is 4. The van der Waals surface area contributed by atoms with E-state index in [2.05, 4.69) is 10.6 Å². The van der Waals surface area contributed by atoms with Gasteiger partial charge in [0.05, 0.1) is 23.7 Å². The predicted octanol–water partition coefficient (Wildman–Crippen LogP) is 1.59. The molecule has 1 heterocycles. The molecule has 2 aliphatic rings. The summed E-state index contributed by atoms with van der Waals surface area (Å²) < 4.78 is 5.29. The van der Waals surface area contributed by atoms with Crippen LogP contribution in [0.2, 0.25) is 0 Å². The molecular formula is C18H27ClN2O3. The molecule has 6 heteroatoms. The highest BCUT2D eigenvalue weighted by molar-refractivity contribution is 5.85. The number of halogens is 1. The Hall–Kier alpha value is -1.14. The largest absolute Gasteiger partial charge is 0.389 e. The Balaban J connectivity index is 0.00000208. The Bertz CT molecular complexity index is 550. The Kier molecular flexibility index (Phi) is 6.26. The van der Waals surface area contributed by atoms with Gasteiger partial charge >= 0.3 is 0 Å². The highest BCUT2D eigenvalue weighted by Gasteiger charge is 2.50. The third-order valence-electron chi connectivity index (χ3n) is 5.44. The number of rotatable bonds is 5. The summed E-state index contributed by atoms with van der Waals surface area (Å²) in [4.78, 5) is 13.0. The van der Waals surface area contributed by atoms with Gasteiger partial charge in [-0.25, -0.2) is 0 Å². The van der Waals surface area contributed by atoms with Gasteiger partial charge in [-0.3, -0.25) is 4.79 Å². The molecule has 1 aromatic carbocycles. The van der Waals surface area contributed by atoms with Crippen molar-refractivity contribution in [2.45, 2.75) is 37.3 Å². The Morgan fingerprint density at radius 1 is 1.33 bits per heavy atom. The van der Waals surface area contributed by atoms with Gasteiger partial charge < -0.3 is 20.5 Å². The van der Waals surface area contributed by atoms with Crippen LogP contribution in [0.25, 0.3) is 0 Å². The zero-order valence-corrected chi connectivity index (χ0v) is 14.9. The number of ether oxygens (including phenoxy) is 1. The summed E-state index contributed by atoms with van der Waals surface area (Å²) in [5.41, 5.74) is -0.185. The van der Waals surface area contributed by atoms with Crippen LogP contribution in [0, 0.1) is 5.41 Å². The SMILES string of the molecule is COCC1(C(=O)N[C@]2(c3ccccc3)CCNC[C@H]2O)CCC1.Cl. The van der Waals surface area contributed by atoms with E-state index in [1.165, 1.54) is 0 Å². The van der Waals surface area contributed by atoms with Gasteiger partial charge in [0.1, 0.15) is 0 Å². The molecule has 2 fully saturated rings. The van der Waals surface area contributed by atoms with Crippen molar-refractivity contribution in [3.63, 3.8) is 0 Å². The van der Waals surface area contributed by atoms with E-state index >= 15 is 0 Å². The molecule has 1 saturated heterocycles. The molecule has 1 saturated carbocycles. The maximum atomic E-state index is 13.0. The number of nitrogens with one attached hydrogen (secondary N) is 2. The second-order valence-electron chi connectivity index (χ2n) is 6.83. The Labute approximate surface area is 149 Å². The zero-order valence-electron chi connectivity index (χ0n) is 14.1. The predicted molar refractivity (Wildman–Crippen MR) is 95.2 cm³/mol. The Morgan fingerprint density at radius 3 is 2.58 bits per heavy atom. The van der Waals surface area contributed by atoms with Gasteiger partial charge in [-0.05, 0) is 31.4 Å². The first-order chi connectivity index (χ1) is 11.1.